The second kappa shape index (κ2) is 12.8. The summed E-state index contributed by atoms with van der Waals surface area (Å²) in [5.74, 6) is 1.09. The van der Waals surface area contributed by atoms with E-state index in [0.29, 0.717) is 35.9 Å². The predicted molar refractivity (Wildman–Crippen MR) is 143 cm³/mol. The molecule has 2 heterocycles. The van der Waals surface area contributed by atoms with Gasteiger partial charge in [0.15, 0.2) is 0 Å². The summed E-state index contributed by atoms with van der Waals surface area (Å²) in [7, 11) is 0. The monoisotopic (exact) mass is 493 g/mol. The van der Waals surface area contributed by atoms with E-state index in [4.69, 9.17) is 9.47 Å². The first kappa shape index (κ1) is 26.0. The van der Waals surface area contributed by atoms with Gasteiger partial charge in [0.2, 0.25) is 0 Å². The highest BCUT2D eigenvalue weighted by Gasteiger charge is 2.23. The molecular weight excluding hydrogens is 454 g/mol. The summed E-state index contributed by atoms with van der Waals surface area (Å²) in [6.07, 6.45) is 6.36. The number of nitrogens with one attached hydrogen (secondary N) is 2. The van der Waals surface area contributed by atoms with Gasteiger partial charge in [-0.05, 0) is 80.5 Å². The van der Waals surface area contributed by atoms with E-state index in [-0.39, 0.29) is 17.9 Å². The lowest BCUT2D eigenvalue weighted by Crippen LogP contribution is -2.36. The van der Waals surface area contributed by atoms with Gasteiger partial charge in [-0.3, -0.25) is 9.59 Å². The lowest BCUT2D eigenvalue weighted by Gasteiger charge is -2.33. The molecule has 7 heteroatoms. The molecule has 1 unspecified atom stereocenters. The van der Waals surface area contributed by atoms with Gasteiger partial charge in [0.1, 0.15) is 5.75 Å². The van der Waals surface area contributed by atoms with Gasteiger partial charge in [-0.25, -0.2) is 0 Å². The minimum absolute atomic E-state index is 0.0741. The molecule has 2 aliphatic rings. The maximum Gasteiger partial charge on any atom is 0.255 e. The van der Waals surface area contributed by atoms with Crippen LogP contribution in [-0.2, 0) is 4.74 Å². The fourth-order valence-electron chi connectivity index (χ4n) is 4.67. The molecule has 0 saturated carbocycles. The molecule has 0 aromatic heterocycles. The van der Waals surface area contributed by atoms with E-state index in [9.17, 15) is 9.59 Å². The summed E-state index contributed by atoms with van der Waals surface area (Å²) in [6, 6.07) is 12.8. The van der Waals surface area contributed by atoms with Crippen molar-refractivity contribution < 1.29 is 19.1 Å². The molecule has 2 amide bonds. The zero-order chi connectivity index (χ0) is 25.3. The van der Waals surface area contributed by atoms with Gasteiger partial charge in [0.05, 0.1) is 18.3 Å². The number of anilines is 2. The fraction of sp³-hybridized carbons (Fsp3) is 0.517. The largest absolute Gasteiger partial charge is 0.494 e. The van der Waals surface area contributed by atoms with Crippen LogP contribution in [0.5, 0.6) is 5.75 Å². The average molecular weight is 494 g/mol. The van der Waals surface area contributed by atoms with Gasteiger partial charge in [-0.2, -0.15) is 0 Å². The van der Waals surface area contributed by atoms with Crippen molar-refractivity contribution in [2.45, 2.75) is 58.5 Å². The number of carbonyl (C=O) groups excluding carboxylic acids is 2. The molecule has 194 valence electrons. The molecule has 4 rings (SSSR count). The van der Waals surface area contributed by atoms with Crippen LogP contribution in [0, 0.1) is 5.92 Å². The second-order valence-electron chi connectivity index (χ2n) is 9.93. The number of nitrogens with zero attached hydrogens (tertiary/aromatic N) is 1. The number of piperidine rings is 1. The fourth-order valence-corrected chi connectivity index (χ4v) is 4.67. The number of carbonyl (C=O) groups is 2. The van der Waals surface area contributed by atoms with E-state index in [0.717, 1.165) is 69.7 Å². The molecule has 2 aliphatic heterocycles. The van der Waals surface area contributed by atoms with Crippen molar-refractivity contribution in [2.75, 3.05) is 43.1 Å². The maximum absolute atomic E-state index is 13.3. The molecule has 1 atom stereocenters. The number of ether oxygens (including phenoxy) is 2. The van der Waals surface area contributed by atoms with Crippen molar-refractivity contribution in [2.24, 2.45) is 5.92 Å². The van der Waals surface area contributed by atoms with E-state index in [1.165, 1.54) is 0 Å². The molecule has 0 aliphatic carbocycles. The van der Waals surface area contributed by atoms with Crippen molar-refractivity contribution >= 4 is 23.2 Å². The van der Waals surface area contributed by atoms with E-state index in [1.54, 1.807) is 18.2 Å². The summed E-state index contributed by atoms with van der Waals surface area (Å²) in [5, 5.41) is 6.01. The Kier molecular flexibility index (Phi) is 9.23. The summed E-state index contributed by atoms with van der Waals surface area (Å²) >= 11 is 0. The van der Waals surface area contributed by atoms with Crippen LogP contribution in [0.3, 0.4) is 0 Å². The van der Waals surface area contributed by atoms with Crippen molar-refractivity contribution in [3.05, 3.63) is 53.6 Å². The topological polar surface area (TPSA) is 79.9 Å². The van der Waals surface area contributed by atoms with Crippen LogP contribution in [0.2, 0.25) is 0 Å². The number of hydrogen-bond acceptors (Lipinski definition) is 5. The summed E-state index contributed by atoms with van der Waals surface area (Å²) in [5.41, 5.74) is 2.63. The zero-order valence-corrected chi connectivity index (χ0v) is 21.6. The lowest BCUT2D eigenvalue weighted by atomic mass is 9.97. The number of unbranched alkanes of at least 4 members (excludes halogenated alkanes) is 1. The number of hydrogen-bond donors (Lipinski definition) is 2. The molecule has 2 N–H and O–H groups in total. The first-order valence-electron chi connectivity index (χ1n) is 13.4. The van der Waals surface area contributed by atoms with Crippen molar-refractivity contribution in [3.8, 4) is 5.75 Å². The molecule has 2 fully saturated rings. The highest BCUT2D eigenvalue weighted by molar-refractivity contribution is 6.06. The Morgan fingerprint density at radius 3 is 2.53 bits per heavy atom. The standard InChI is InChI=1S/C29H39N3O4/c1-3-4-17-35-24-10-7-22(8-11-24)28(33)31-23-9-12-27(32-15-13-21(2)14-16-32)26(19-23)29(34)30-20-25-6-5-18-36-25/h7-12,19,21,25H,3-6,13-18,20H2,1-2H3,(H,30,34)(H,31,33). The van der Waals surface area contributed by atoms with Crippen molar-refractivity contribution in [1.82, 2.24) is 5.32 Å². The second-order valence-corrected chi connectivity index (χ2v) is 9.93. The van der Waals surface area contributed by atoms with Crippen LogP contribution in [0.1, 0.15) is 73.1 Å². The Balaban J connectivity index is 1.47. The first-order valence-corrected chi connectivity index (χ1v) is 13.4. The first-order chi connectivity index (χ1) is 17.5. The maximum atomic E-state index is 13.3. The molecule has 2 aromatic rings. The van der Waals surface area contributed by atoms with Crippen LogP contribution in [0.4, 0.5) is 11.4 Å². The summed E-state index contributed by atoms with van der Waals surface area (Å²) in [6.45, 7) is 8.16. The van der Waals surface area contributed by atoms with Gasteiger partial charge in [-0.1, -0.05) is 20.3 Å². The third kappa shape index (κ3) is 7.00. The van der Waals surface area contributed by atoms with E-state index >= 15 is 0 Å². The summed E-state index contributed by atoms with van der Waals surface area (Å²) in [4.78, 5) is 28.5. The molecule has 2 aromatic carbocycles. The highest BCUT2D eigenvalue weighted by Crippen LogP contribution is 2.29. The van der Waals surface area contributed by atoms with Crippen LogP contribution in [0.25, 0.3) is 0 Å². The Labute approximate surface area is 214 Å². The normalized spacial score (nSPS) is 18.2. The van der Waals surface area contributed by atoms with E-state index in [1.807, 2.05) is 24.3 Å². The Morgan fingerprint density at radius 1 is 1.06 bits per heavy atom. The molecular formula is C29H39N3O4. The van der Waals surface area contributed by atoms with Gasteiger partial charge >= 0.3 is 0 Å². The van der Waals surface area contributed by atoms with E-state index in [2.05, 4.69) is 29.4 Å². The average Bonchev–Trinajstić information content (AvgIpc) is 3.42. The third-order valence-electron chi connectivity index (χ3n) is 7.02. The SMILES string of the molecule is CCCCOc1ccc(C(=O)Nc2ccc(N3CCC(C)CC3)c(C(=O)NCC3CCCO3)c2)cc1. The van der Waals surface area contributed by atoms with Crippen LogP contribution in [-0.4, -0.2) is 50.8 Å². The van der Waals surface area contributed by atoms with Crippen molar-refractivity contribution in [1.29, 1.82) is 0 Å². The number of benzene rings is 2. The molecule has 36 heavy (non-hydrogen) atoms. The molecule has 2 saturated heterocycles. The third-order valence-corrected chi connectivity index (χ3v) is 7.02. The lowest BCUT2D eigenvalue weighted by molar-refractivity contribution is 0.0858. The molecule has 0 bridgehead atoms. The quantitative estimate of drug-likeness (QED) is 0.441. The summed E-state index contributed by atoms with van der Waals surface area (Å²) < 4.78 is 11.4. The Hall–Kier alpha value is -3.06. The minimum Gasteiger partial charge on any atom is -0.494 e. The van der Waals surface area contributed by atoms with Gasteiger partial charge in [0.25, 0.3) is 11.8 Å². The van der Waals surface area contributed by atoms with Gasteiger partial charge in [-0.15, -0.1) is 0 Å². The van der Waals surface area contributed by atoms with Crippen LogP contribution >= 0.6 is 0 Å². The molecule has 0 radical (unpaired) electrons. The number of rotatable bonds is 10. The van der Waals surface area contributed by atoms with Crippen LogP contribution < -0.4 is 20.3 Å². The molecule has 0 spiro atoms. The Bertz CT molecular complexity index is 1010. The van der Waals surface area contributed by atoms with Gasteiger partial charge in [0, 0.05) is 43.2 Å². The van der Waals surface area contributed by atoms with Crippen molar-refractivity contribution in [3.63, 3.8) is 0 Å². The Morgan fingerprint density at radius 2 is 1.83 bits per heavy atom. The van der Waals surface area contributed by atoms with Crippen LogP contribution in [0.15, 0.2) is 42.5 Å². The smallest absolute Gasteiger partial charge is 0.255 e. The highest BCUT2D eigenvalue weighted by atomic mass is 16.5. The van der Waals surface area contributed by atoms with Gasteiger partial charge < -0.3 is 25.0 Å². The number of amides is 2. The molecule has 7 nitrogen and oxygen atoms in total. The predicted octanol–water partition coefficient (Wildman–Crippen LogP) is 5.26. The minimum atomic E-state index is -0.222. The van der Waals surface area contributed by atoms with E-state index < -0.39 is 0 Å². The zero-order valence-electron chi connectivity index (χ0n) is 21.6.